The van der Waals surface area contributed by atoms with Crippen LogP contribution in [0.2, 0.25) is 0 Å². The Balaban J connectivity index is 2.34. The summed E-state index contributed by atoms with van der Waals surface area (Å²) in [4.78, 5) is 15.4. The summed E-state index contributed by atoms with van der Waals surface area (Å²) in [5, 5.41) is 2.72. The number of carbonyl (C=O) groups is 1. The van der Waals surface area contributed by atoms with Gasteiger partial charge in [0.2, 0.25) is 5.91 Å². The van der Waals surface area contributed by atoms with Crippen molar-refractivity contribution < 1.29 is 4.79 Å². The first-order valence-corrected chi connectivity index (χ1v) is 5.63. The molecule has 15 heavy (non-hydrogen) atoms. The van der Waals surface area contributed by atoms with Crippen molar-refractivity contribution in [2.45, 2.75) is 19.3 Å². The third-order valence-electron chi connectivity index (χ3n) is 1.85. The van der Waals surface area contributed by atoms with E-state index >= 15 is 0 Å². The first kappa shape index (κ1) is 12.1. The summed E-state index contributed by atoms with van der Waals surface area (Å²) in [6, 6.07) is 3.59. The monoisotopic (exact) mass is 271 g/mol. The highest BCUT2D eigenvalue weighted by Gasteiger charge is 2.02. The van der Waals surface area contributed by atoms with Gasteiger partial charge in [0.05, 0.1) is 0 Å². The van der Waals surface area contributed by atoms with Gasteiger partial charge in [0.1, 0.15) is 5.82 Å². The average Bonchev–Trinajstić information content (AvgIpc) is 2.22. The van der Waals surface area contributed by atoms with Crippen LogP contribution in [0.3, 0.4) is 0 Å². The summed E-state index contributed by atoms with van der Waals surface area (Å²) in [5.74, 6) is 0.564. The zero-order chi connectivity index (χ0) is 11.1. The van der Waals surface area contributed by atoms with E-state index in [1.54, 1.807) is 12.3 Å². The number of hydrogen-bond acceptors (Lipinski definition) is 3. The number of anilines is 1. The number of nitrogens with two attached hydrogens (primary N) is 1. The van der Waals surface area contributed by atoms with E-state index in [0.717, 1.165) is 17.3 Å². The normalized spacial score (nSPS) is 10.0. The first-order valence-electron chi connectivity index (χ1n) is 4.84. The van der Waals surface area contributed by atoms with Crippen LogP contribution in [0.15, 0.2) is 22.8 Å². The number of nitrogens with one attached hydrogen (secondary N) is 1. The molecule has 0 aliphatic rings. The highest BCUT2D eigenvalue weighted by molar-refractivity contribution is 9.10. The van der Waals surface area contributed by atoms with E-state index in [4.69, 9.17) is 5.73 Å². The summed E-state index contributed by atoms with van der Waals surface area (Å²) in [6.07, 6.45) is 3.84. The number of amides is 1. The van der Waals surface area contributed by atoms with E-state index < -0.39 is 0 Å². The van der Waals surface area contributed by atoms with E-state index in [1.165, 1.54) is 0 Å². The Morgan fingerprint density at radius 3 is 2.87 bits per heavy atom. The van der Waals surface area contributed by atoms with Crippen LogP contribution < -0.4 is 11.1 Å². The lowest BCUT2D eigenvalue weighted by molar-refractivity contribution is -0.116. The van der Waals surface area contributed by atoms with Gasteiger partial charge in [0, 0.05) is 17.1 Å². The Bertz CT molecular complexity index is 313. The second kappa shape index (κ2) is 6.53. The van der Waals surface area contributed by atoms with Crippen molar-refractivity contribution >= 4 is 27.7 Å². The molecule has 0 spiro atoms. The summed E-state index contributed by atoms with van der Waals surface area (Å²) in [5.41, 5.74) is 5.33. The SMILES string of the molecule is NCCCCC(=O)Nc1ccc(Br)cn1. The Hall–Kier alpha value is -0.940. The minimum atomic E-state index is -0.0155. The average molecular weight is 272 g/mol. The molecule has 0 aromatic carbocycles. The van der Waals surface area contributed by atoms with Crippen LogP contribution in [-0.4, -0.2) is 17.4 Å². The van der Waals surface area contributed by atoms with Gasteiger partial charge in [0.15, 0.2) is 0 Å². The van der Waals surface area contributed by atoms with Crippen LogP contribution in [-0.2, 0) is 4.79 Å². The van der Waals surface area contributed by atoms with Crippen LogP contribution in [0.25, 0.3) is 0 Å². The molecule has 0 atom stereocenters. The lowest BCUT2D eigenvalue weighted by Gasteiger charge is -2.03. The van der Waals surface area contributed by atoms with E-state index in [9.17, 15) is 4.79 Å². The summed E-state index contributed by atoms with van der Waals surface area (Å²) < 4.78 is 0.892. The van der Waals surface area contributed by atoms with Crippen molar-refractivity contribution in [2.75, 3.05) is 11.9 Å². The van der Waals surface area contributed by atoms with Crippen LogP contribution in [0.1, 0.15) is 19.3 Å². The number of rotatable bonds is 5. The van der Waals surface area contributed by atoms with E-state index in [-0.39, 0.29) is 5.91 Å². The van der Waals surface area contributed by atoms with Gasteiger partial charge in [-0.25, -0.2) is 4.98 Å². The maximum absolute atomic E-state index is 11.4. The Labute approximate surface area is 97.4 Å². The van der Waals surface area contributed by atoms with Crippen molar-refractivity contribution in [1.82, 2.24) is 4.98 Å². The molecule has 82 valence electrons. The number of pyridine rings is 1. The number of hydrogen-bond donors (Lipinski definition) is 2. The van der Waals surface area contributed by atoms with Crippen molar-refractivity contribution in [3.8, 4) is 0 Å². The van der Waals surface area contributed by atoms with Crippen LogP contribution in [0, 0.1) is 0 Å². The van der Waals surface area contributed by atoms with Crippen LogP contribution in [0.5, 0.6) is 0 Å². The molecule has 1 amide bonds. The zero-order valence-electron chi connectivity index (χ0n) is 8.37. The lowest BCUT2D eigenvalue weighted by atomic mass is 10.2. The van der Waals surface area contributed by atoms with Gasteiger partial charge < -0.3 is 11.1 Å². The Kier molecular flexibility index (Phi) is 5.28. The molecule has 1 rings (SSSR count). The third kappa shape index (κ3) is 4.90. The Morgan fingerprint density at radius 1 is 1.47 bits per heavy atom. The van der Waals surface area contributed by atoms with Gasteiger partial charge in [-0.05, 0) is 47.4 Å². The van der Waals surface area contributed by atoms with E-state index in [2.05, 4.69) is 26.2 Å². The molecule has 0 radical (unpaired) electrons. The molecule has 0 aliphatic heterocycles. The second-order valence-corrected chi connectivity index (χ2v) is 4.07. The quantitative estimate of drug-likeness (QED) is 0.804. The molecular formula is C10H14BrN3O. The van der Waals surface area contributed by atoms with Gasteiger partial charge in [0.25, 0.3) is 0 Å². The molecular weight excluding hydrogens is 258 g/mol. The fourth-order valence-corrected chi connectivity index (χ4v) is 1.32. The van der Waals surface area contributed by atoms with E-state index in [0.29, 0.717) is 18.8 Å². The molecule has 0 saturated carbocycles. The fraction of sp³-hybridized carbons (Fsp3) is 0.400. The number of nitrogens with zero attached hydrogens (tertiary/aromatic N) is 1. The molecule has 4 nitrogen and oxygen atoms in total. The molecule has 3 N–H and O–H groups in total. The summed E-state index contributed by atoms with van der Waals surface area (Å²) in [6.45, 7) is 0.629. The molecule has 1 aromatic heterocycles. The molecule has 1 aromatic rings. The number of halogens is 1. The standard InChI is InChI=1S/C10H14BrN3O/c11-8-4-5-9(13-7-8)14-10(15)3-1-2-6-12/h4-5,7H,1-3,6,12H2,(H,13,14,15). The number of aromatic nitrogens is 1. The lowest BCUT2D eigenvalue weighted by Crippen LogP contribution is -2.12. The molecule has 0 aliphatic carbocycles. The third-order valence-corrected chi connectivity index (χ3v) is 2.32. The maximum atomic E-state index is 11.4. The van der Waals surface area contributed by atoms with Crippen molar-refractivity contribution in [1.29, 1.82) is 0 Å². The predicted octanol–water partition coefficient (Wildman–Crippen LogP) is 1.91. The van der Waals surface area contributed by atoms with Gasteiger partial charge in [-0.15, -0.1) is 0 Å². The van der Waals surface area contributed by atoms with Crippen LogP contribution in [0.4, 0.5) is 5.82 Å². The smallest absolute Gasteiger partial charge is 0.225 e. The molecule has 1 heterocycles. The van der Waals surface area contributed by atoms with E-state index in [1.807, 2.05) is 6.07 Å². The molecule has 0 bridgehead atoms. The van der Waals surface area contributed by atoms with Crippen LogP contribution >= 0.6 is 15.9 Å². The largest absolute Gasteiger partial charge is 0.330 e. The molecule has 5 heteroatoms. The van der Waals surface area contributed by atoms with Crippen molar-refractivity contribution in [2.24, 2.45) is 5.73 Å². The first-order chi connectivity index (χ1) is 7.22. The van der Waals surface area contributed by atoms with Crippen molar-refractivity contribution in [3.05, 3.63) is 22.8 Å². The topological polar surface area (TPSA) is 68.0 Å². The highest BCUT2D eigenvalue weighted by Crippen LogP contribution is 2.10. The molecule has 0 saturated heterocycles. The van der Waals surface area contributed by atoms with Gasteiger partial charge >= 0.3 is 0 Å². The highest BCUT2D eigenvalue weighted by atomic mass is 79.9. The predicted molar refractivity (Wildman–Crippen MR) is 63.5 cm³/mol. The van der Waals surface area contributed by atoms with Gasteiger partial charge in [-0.1, -0.05) is 0 Å². The summed E-state index contributed by atoms with van der Waals surface area (Å²) >= 11 is 3.27. The van der Waals surface area contributed by atoms with Gasteiger partial charge in [-0.3, -0.25) is 4.79 Å². The minimum Gasteiger partial charge on any atom is -0.330 e. The number of carbonyl (C=O) groups excluding carboxylic acids is 1. The number of unbranched alkanes of at least 4 members (excludes halogenated alkanes) is 1. The molecule has 0 unspecified atom stereocenters. The molecule has 0 fully saturated rings. The fourth-order valence-electron chi connectivity index (χ4n) is 1.08. The zero-order valence-corrected chi connectivity index (χ0v) is 9.96. The van der Waals surface area contributed by atoms with Crippen molar-refractivity contribution in [3.63, 3.8) is 0 Å². The second-order valence-electron chi connectivity index (χ2n) is 3.16. The van der Waals surface area contributed by atoms with Gasteiger partial charge in [-0.2, -0.15) is 0 Å². The maximum Gasteiger partial charge on any atom is 0.225 e. The minimum absolute atomic E-state index is 0.0155. The summed E-state index contributed by atoms with van der Waals surface area (Å²) in [7, 11) is 0. The Morgan fingerprint density at radius 2 is 2.27 bits per heavy atom.